The molecule has 0 unspecified atom stereocenters. The van der Waals surface area contributed by atoms with Crippen molar-refractivity contribution >= 4 is 15.9 Å². The van der Waals surface area contributed by atoms with Crippen LogP contribution in [0.5, 0.6) is 0 Å². The summed E-state index contributed by atoms with van der Waals surface area (Å²) in [4.78, 5) is 17.1. The summed E-state index contributed by atoms with van der Waals surface area (Å²) in [5, 5.41) is 8.86. The van der Waals surface area contributed by atoms with Crippen molar-refractivity contribution in [2.75, 3.05) is 46.8 Å². The number of sulfonamides is 1. The van der Waals surface area contributed by atoms with Crippen molar-refractivity contribution in [2.45, 2.75) is 31.1 Å². The zero-order chi connectivity index (χ0) is 20.7. The normalized spacial score (nSPS) is 16.1. The highest BCUT2D eigenvalue weighted by atomic mass is 32.2. The summed E-state index contributed by atoms with van der Waals surface area (Å²) in [5.74, 6) is 0.0141. The van der Waals surface area contributed by atoms with Gasteiger partial charge >= 0.3 is 0 Å². The van der Waals surface area contributed by atoms with Crippen LogP contribution < -0.4 is 0 Å². The fourth-order valence-electron chi connectivity index (χ4n) is 3.37. The second-order valence-corrected chi connectivity index (χ2v) is 9.38. The lowest BCUT2D eigenvalue weighted by Crippen LogP contribution is -2.46. The molecule has 1 aliphatic heterocycles. The minimum Gasteiger partial charge on any atom is -0.341 e. The maximum atomic E-state index is 12.9. The first-order valence-electron chi connectivity index (χ1n) is 9.73. The zero-order valence-corrected chi connectivity index (χ0v) is 17.8. The Morgan fingerprint density at radius 3 is 2.25 bits per heavy atom. The third-order valence-electron chi connectivity index (χ3n) is 5.05. The molecule has 7 nitrogen and oxygen atoms in total. The number of likely N-dealkylation sites (N-methyl/N-ethyl adjacent to an activating group) is 1. The van der Waals surface area contributed by atoms with Crippen LogP contribution in [0.2, 0.25) is 0 Å². The fraction of sp³-hybridized carbons (Fsp3) is 0.600. The Morgan fingerprint density at radius 1 is 1.14 bits per heavy atom. The fourth-order valence-corrected chi connectivity index (χ4v) is 4.84. The Balaban J connectivity index is 2.00. The quantitative estimate of drug-likeness (QED) is 0.657. The Labute approximate surface area is 168 Å². The van der Waals surface area contributed by atoms with E-state index in [1.54, 1.807) is 0 Å². The van der Waals surface area contributed by atoms with Crippen LogP contribution in [0.1, 0.15) is 31.7 Å². The number of piperidine rings is 1. The van der Waals surface area contributed by atoms with Crippen LogP contribution in [0.4, 0.5) is 0 Å². The number of amides is 1. The molecule has 0 atom stereocenters. The van der Waals surface area contributed by atoms with E-state index in [0.29, 0.717) is 38.0 Å². The van der Waals surface area contributed by atoms with E-state index >= 15 is 0 Å². The first-order chi connectivity index (χ1) is 13.3. The van der Waals surface area contributed by atoms with E-state index in [4.69, 9.17) is 5.26 Å². The molecule has 0 saturated carbocycles. The highest BCUT2D eigenvalue weighted by Crippen LogP contribution is 2.25. The van der Waals surface area contributed by atoms with Crippen molar-refractivity contribution in [3.05, 3.63) is 29.8 Å². The van der Waals surface area contributed by atoms with Crippen molar-refractivity contribution < 1.29 is 13.2 Å². The van der Waals surface area contributed by atoms with Gasteiger partial charge in [0.05, 0.1) is 16.5 Å². The molecule has 0 aromatic heterocycles. The molecule has 1 fully saturated rings. The minimum absolute atomic E-state index is 0.124. The van der Waals surface area contributed by atoms with Gasteiger partial charge in [0.25, 0.3) is 0 Å². The molecule has 1 heterocycles. The standard InChI is InChI=1S/C20H30N4O3S/c1-4-11-23(15-14-22(2)3)20(25)18-9-12-24(13-10-18)28(26,27)19-7-5-17(16-21)6-8-19/h5-8,18H,4,9-15H2,1-3H3. The first-order valence-corrected chi connectivity index (χ1v) is 11.2. The van der Waals surface area contributed by atoms with Crippen molar-refractivity contribution in [1.82, 2.24) is 14.1 Å². The second-order valence-electron chi connectivity index (χ2n) is 7.44. The van der Waals surface area contributed by atoms with Gasteiger partial charge in [-0.25, -0.2) is 8.42 Å². The summed E-state index contributed by atoms with van der Waals surface area (Å²) in [6.45, 7) is 4.99. The van der Waals surface area contributed by atoms with Crippen LogP contribution in [0.25, 0.3) is 0 Å². The monoisotopic (exact) mass is 406 g/mol. The predicted molar refractivity (Wildman–Crippen MR) is 108 cm³/mol. The largest absolute Gasteiger partial charge is 0.341 e. The van der Waals surface area contributed by atoms with Crippen LogP contribution in [0.15, 0.2) is 29.2 Å². The number of carbonyl (C=O) groups excluding carboxylic acids is 1. The van der Waals surface area contributed by atoms with E-state index in [0.717, 1.165) is 19.5 Å². The average molecular weight is 407 g/mol. The number of carbonyl (C=O) groups is 1. The summed E-state index contributed by atoms with van der Waals surface area (Å²) in [6.07, 6.45) is 1.98. The lowest BCUT2D eigenvalue weighted by molar-refractivity contribution is -0.137. The van der Waals surface area contributed by atoms with Gasteiger partial charge in [-0.05, 0) is 57.6 Å². The molecule has 1 aromatic carbocycles. The molecule has 28 heavy (non-hydrogen) atoms. The molecule has 154 valence electrons. The third kappa shape index (κ3) is 5.53. The molecule has 1 amide bonds. The number of hydrogen-bond acceptors (Lipinski definition) is 5. The van der Waals surface area contributed by atoms with E-state index in [9.17, 15) is 13.2 Å². The lowest BCUT2D eigenvalue weighted by atomic mass is 9.96. The summed E-state index contributed by atoms with van der Waals surface area (Å²) < 4.78 is 27.1. The summed E-state index contributed by atoms with van der Waals surface area (Å²) in [7, 11) is 0.379. The van der Waals surface area contributed by atoms with Crippen molar-refractivity contribution in [3.8, 4) is 6.07 Å². The van der Waals surface area contributed by atoms with Gasteiger partial charge in [-0.15, -0.1) is 0 Å². The maximum absolute atomic E-state index is 12.9. The van der Waals surface area contributed by atoms with Crippen molar-refractivity contribution in [1.29, 1.82) is 5.26 Å². The first kappa shape index (κ1) is 22.3. The molecular formula is C20H30N4O3S. The average Bonchev–Trinajstić information content (AvgIpc) is 2.70. The number of hydrogen-bond donors (Lipinski definition) is 0. The third-order valence-corrected chi connectivity index (χ3v) is 6.96. The Hall–Kier alpha value is -1.95. The number of rotatable bonds is 8. The topological polar surface area (TPSA) is 84.7 Å². The minimum atomic E-state index is -3.60. The smallest absolute Gasteiger partial charge is 0.243 e. The summed E-state index contributed by atoms with van der Waals surface area (Å²) in [5.41, 5.74) is 0.428. The predicted octanol–water partition coefficient (Wildman–Crippen LogP) is 1.76. The van der Waals surface area contributed by atoms with Gasteiger partial charge in [0.2, 0.25) is 15.9 Å². The number of nitriles is 1. The van der Waals surface area contributed by atoms with Gasteiger partial charge in [0.1, 0.15) is 0 Å². The molecule has 0 radical (unpaired) electrons. The van der Waals surface area contributed by atoms with Gasteiger partial charge < -0.3 is 9.80 Å². The summed E-state index contributed by atoms with van der Waals surface area (Å²) in [6, 6.07) is 7.94. The van der Waals surface area contributed by atoms with Crippen LogP contribution in [0.3, 0.4) is 0 Å². The van der Waals surface area contributed by atoms with Gasteiger partial charge in [-0.2, -0.15) is 9.57 Å². The Kier molecular flexibility index (Phi) is 7.98. The molecule has 2 rings (SSSR count). The second kappa shape index (κ2) is 10.0. The SMILES string of the molecule is CCCN(CCN(C)C)C(=O)C1CCN(S(=O)(=O)c2ccc(C#N)cc2)CC1. The molecule has 1 saturated heterocycles. The van der Waals surface area contributed by atoms with Gasteiger partial charge in [-0.1, -0.05) is 6.92 Å². The van der Waals surface area contributed by atoms with E-state index < -0.39 is 10.0 Å². The number of nitrogens with zero attached hydrogens (tertiary/aromatic N) is 4. The highest BCUT2D eigenvalue weighted by Gasteiger charge is 2.33. The molecule has 0 bridgehead atoms. The van der Waals surface area contributed by atoms with Gasteiger partial charge in [-0.3, -0.25) is 4.79 Å². The lowest BCUT2D eigenvalue weighted by Gasteiger charge is -2.34. The molecule has 0 N–H and O–H groups in total. The molecule has 0 aliphatic carbocycles. The number of benzene rings is 1. The van der Waals surface area contributed by atoms with E-state index in [1.807, 2.05) is 25.1 Å². The van der Waals surface area contributed by atoms with E-state index in [1.165, 1.54) is 28.6 Å². The van der Waals surface area contributed by atoms with Crippen LogP contribution in [-0.4, -0.2) is 75.2 Å². The molecule has 0 spiro atoms. The zero-order valence-electron chi connectivity index (χ0n) is 17.0. The highest BCUT2D eigenvalue weighted by molar-refractivity contribution is 7.89. The van der Waals surface area contributed by atoms with E-state index in [-0.39, 0.29) is 16.7 Å². The van der Waals surface area contributed by atoms with Crippen molar-refractivity contribution in [2.24, 2.45) is 5.92 Å². The maximum Gasteiger partial charge on any atom is 0.243 e. The van der Waals surface area contributed by atoms with Gasteiger partial charge in [0, 0.05) is 38.6 Å². The van der Waals surface area contributed by atoms with Gasteiger partial charge in [0.15, 0.2) is 0 Å². The van der Waals surface area contributed by atoms with Crippen LogP contribution in [0, 0.1) is 17.2 Å². The van der Waals surface area contributed by atoms with Crippen LogP contribution >= 0.6 is 0 Å². The Morgan fingerprint density at radius 2 is 1.75 bits per heavy atom. The molecular weight excluding hydrogens is 376 g/mol. The van der Waals surface area contributed by atoms with Crippen LogP contribution in [-0.2, 0) is 14.8 Å². The van der Waals surface area contributed by atoms with E-state index in [2.05, 4.69) is 11.8 Å². The Bertz CT molecular complexity index is 792. The molecule has 8 heteroatoms. The van der Waals surface area contributed by atoms with Crippen molar-refractivity contribution in [3.63, 3.8) is 0 Å². The molecule has 1 aromatic rings. The summed E-state index contributed by atoms with van der Waals surface area (Å²) >= 11 is 0. The molecule has 1 aliphatic rings.